The average molecular weight is 653 g/mol. The fraction of sp³-hybridized carbons (Fsp3) is 0.273. The van der Waals surface area contributed by atoms with Crippen LogP contribution in [-0.4, -0.2) is 18.5 Å². The molecule has 0 aromatic heterocycles. The Labute approximate surface area is 289 Å². The molecule has 0 fully saturated rings. The largest absolute Gasteiger partial charge is 0.494 e. The Kier molecular flexibility index (Phi) is 11.6. The lowest BCUT2D eigenvalue weighted by Gasteiger charge is -2.14. The third-order valence-electron chi connectivity index (χ3n) is 9.12. The van der Waals surface area contributed by atoms with Gasteiger partial charge in [-0.15, -0.1) is 0 Å². The molecule has 4 aliphatic rings. The minimum Gasteiger partial charge on any atom is -0.494 e. The minimum absolute atomic E-state index is 0.364. The van der Waals surface area contributed by atoms with Gasteiger partial charge in [0.1, 0.15) is 17.2 Å². The van der Waals surface area contributed by atoms with Crippen molar-refractivity contribution >= 4 is 11.9 Å². The van der Waals surface area contributed by atoms with Gasteiger partial charge in [-0.3, -0.25) is 0 Å². The Hall–Kier alpha value is -5.16. The zero-order valence-corrected chi connectivity index (χ0v) is 28.3. The number of unbranched alkanes of at least 4 members (excludes halogenated alkanes) is 5. The van der Waals surface area contributed by atoms with E-state index in [1.54, 1.807) is 36.4 Å². The van der Waals surface area contributed by atoms with Crippen LogP contribution in [0.2, 0.25) is 0 Å². The van der Waals surface area contributed by atoms with E-state index in [1.807, 2.05) is 42.5 Å². The maximum atomic E-state index is 13.3. The van der Waals surface area contributed by atoms with Crippen molar-refractivity contribution in [3.05, 3.63) is 149 Å². The maximum Gasteiger partial charge on any atom is 0.343 e. The highest BCUT2D eigenvalue weighted by molar-refractivity contribution is 5.94. The number of hydrogen-bond acceptors (Lipinski definition) is 5. The van der Waals surface area contributed by atoms with Gasteiger partial charge in [-0.2, -0.15) is 0 Å². The van der Waals surface area contributed by atoms with Gasteiger partial charge >= 0.3 is 11.9 Å². The van der Waals surface area contributed by atoms with Crippen LogP contribution in [0.5, 0.6) is 17.2 Å². The summed E-state index contributed by atoms with van der Waals surface area (Å²) in [4.78, 5) is 26.2. The number of esters is 2. The smallest absolute Gasteiger partial charge is 0.343 e. The van der Waals surface area contributed by atoms with E-state index in [9.17, 15) is 9.59 Å². The molecule has 0 aliphatic heterocycles. The topological polar surface area (TPSA) is 61.8 Å². The molecule has 0 N–H and O–H groups in total. The van der Waals surface area contributed by atoms with E-state index in [0.717, 1.165) is 66.7 Å². The van der Waals surface area contributed by atoms with Crippen molar-refractivity contribution in [1.29, 1.82) is 0 Å². The number of carbonyl (C=O) groups excluding carboxylic acids is 2. The Morgan fingerprint density at radius 1 is 0.510 bits per heavy atom. The van der Waals surface area contributed by atoms with Crippen LogP contribution in [-0.2, 0) is 25.7 Å². The summed E-state index contributed by atoms with van der Waals surface area (Å²) in [5.74, 6) is 0.818. The summed E-state index contributed by atoms with van der Waals surface area (Å²) in [6.07, 6.45) is 10.8. The van der Waals surface area contributed by atoms with Gasteiger partial charge in [0.15, 0.2) is 0 Å². The molecule has 0 heterocycles. The van der Waals surface area contributed by atoms with E-state index in [1.165, 1.54) is 43.2 Å². The molecule has 5 nitrogen and oxygen atoms in total. The number of rotatable bonds is 13. The Bertz CT molecular complexity index is 1820. The number of carbonyl (C=O) groups is 2. The molecule has 0 saturated carbocycles. The van der Waals surface area contributed by atoms with Gasteiger partial charge in [-0.05, 0) is 120 Å². The first-order chi connectivity index (χ1) is 24.0. The van der Waals surface area contributed by atoms with Crippen molar-refractivity contribution in [1.82, 2.24) is 0 Å². The summed E-state index contributed by atoms with van der Waals surface area (Å²) in [6, 6.07) is 36.9. The highest BCUT2D eigenvalue weighted by Crippen LogP contribution is 2.26. The number of benzene rings is 5. The van der Waals surface area contributed by atoms with E-state index in [-0.39, 0.29) is 0 Å². The second kappa shape index (κ2) is 16.8. The van der Waals surface area contributed by atoms with E-state index < -0.39 is 11.9 Å². The van der Waals surface area contributed by atoms with E-state index >= 15 is 0 Å². The highest BCUT2D eigenvalue weighted by atomic mass is 16.5. The van der Waals surface area contributed by atoms with Crippen LogP contribution in [0.3, 0.4) is 0 Å². The van der Waals surface area contributed by atoms with Crippen LogP contribution >= 0.6 is 0 Å². The number of ether oxygens (including phenoxy) is 3. The fourth-order valence-corrected chi connectivity index (χ4v) is 6.15. The van der Waals surface area contributed by atoms with Gasteiger partial charge < -0.3 is 14.2 Å². The third kappa shape index (κ3) is 9.48. The summed E-state index contributed by atoms with van der Waals surface area (Å²) < 4.78 is 17.3. The molecule has 9 rings (SSSR count). The molecule has 0 spiro atoms. The van der Waals surface area contributed by atoms with E-state index in [4.69, 9.17) is 14.2 Å². The molecule has 4 aliphatic carbocycles. The van der Waals surface area contributed by atoms with Crippen molar-refractivity contribution < 1.29 is 23.8 Å². The van der Waals surface area contributed by atoms with Crippen LogP contribution in [0.1, 0.15) is 88.4 Å². The summed E-state index contributed by atoms with van der Waals surface area (Å²) in [7, 11) is 0. The molecule has 5 aromatic carbocycles. The molecule has 0 atom stereocenters. The molecule has 5 heteroatoms. The van der Waals surface area contributed by atoms with Gasteiger partial charge in [0.05, 0.1) is 17.7 Å². The van der Waals surface area contributed by atoms with E-state index in [0.29, 0.717) is 22.6 Å². The van der Waals surface area contributed by atoms with Crippen LogP contribution in [0.15, 0.2) is 115 Å². The van der Waals surface area contributed by atoms with Crippen LogP contribution in [0, 0.1) is 0 Å². The summed E-state index contributed by atoms with van der Waals surface area (Å²) in [5, 5.41) is 0. The van der Waals surface area contributed by atoms with Gasteiger partial charge in [0, 0.05) is 0 Å². The van der Waals surface area contributed by atoms with Crippen molar-refractivity contribution in [3.8, 4) is 28.4 Å². The zero-order chi connectivity index (χ0) is 33.8. The average Bonchev–Trinajstić information content (AvgIpc) is 3.13. The third-order valence-corrected chi connectivity index (χ3v) is 9.12. The molecular formula is C44H44O5. The second-order valence-corrected chi connectivity index (χ2v) is 12.8. The van der Waals surface area contributed by atoms with Gasteiger partial charge in [-0.25, -0.2) is 9.59 Å². The predicted molar refractivity (Wildman–Crippen MR) is 195 cm³/mol. The Morgan fingerprint density at radius 3 is 1.67 bits per heavy atom. The predicted octanol–water partition coefficient (Wildman–Crippen LogP) is 10.4. The Morgan fingerprint density at radius 2 is 1.02 bits per heavy atom. The first-order valence-corrected chi connectivity index (χ1v) is 17.6. The number of aryl methyl sites for hydroxylation is 4. The SMILES string of the molecule is CCCCCCCCOc1ccc(-c2ccc(OC(=O)c3ccc(OC(=O)c4cc5ccc4CCc4ccc(cc4)CC5)cc3)cc2)cc1. The van der Waals surface area contributed by atoms with Crippen LogP contribution < -0.4 is 14.2 Å². The molecule has 0 radical (unpaired) electrons. The summed E-state index contributed by atoms with van der Waals surface area (Å²) >= 11 is 0. The molecule has 0 saturated heterocycles. The van der Waals surface area contributed by atoms with Crippen molar-refractivity contribution in [2.45, 2.75) is 71.1 Å². The normalized spacial score (nSPS) is 12.2. The minimum atomic E-state index is -0.485. The van der Waals surface area contributed by atoms with E-state index in [2.05, 4.69) is 43.3 Å². The molecule has 0 amide bonds. The summed E-state index contributed by atoms with van der Waals surface area (Å²) in [5.41, 5.74) is 7.64. The van der Waals surface area contributed by atoms with Crippen molar-refractivity contribution in [3.63, 3.8) is 0 Å². The molecule has 4 bridgehead atoms. The Balaban J connectivity index is 1.00. The van der Waals surface area contributed by atoms with Gasteiger partial charge in [0.2, 0.25) is 0 Å². The molecule has 5 aromatic rings. The lowest BCUT2D eigenvalue weighted by Crippen LogP contribution is -2.13. The molecular weight excluding hydrogens is 608 g/mol. The quantitative estimate of drug-likeness (QED) is 0.0720. The van der Waals surface area contributed by atoms with Crippen LogP contribution in [0.4, 0.5) is 0 Å². The molecule has 0 unspecified atom stereocenters. The zero-order valence-electron chi connectivity index (χ0n) is 28.3. The van der Waals surface area contributed by atoms with Crippen LogP contribution in [0.25, 0.3) is 11.1 Å². The fourth-order valence-electron chi connectivity index (χ4n) is 6.15. The van der Waals surface area contributed by atoms with Crippen molar-refractivity contribution in [2.24, 2.45) is 0 Å². The summed E-state index contributed by atoms with van der Waals surface area (Å²) in [6.45, 7) is 2.97. The lowest BCUT2D eigenvalue weighted by molar-refractivity contribution is 0.0729. The van der Waals surface area contributed by atoms with Gasteiger partial charge in [-0.1, -0.05) is 99.7 Å². The molecule has 49 heavy (non-hydrogen) atoms. The lowest BCUT2D eigenvalue weighted by atomic mass is 9.93. The highest BCUT2D eigenvalue weighted by Gasteiger charge is 2.17. The first-order valence-electron chi connectivity index (χ1n) is 17.6. The second-order valence-electron chi connectivity index (χ2n) is 12.8. The monoisotopic (exact) mass is 652 g/mol. The maximum absolute atomic E-state index is 13.3. The molecule has 250 valence electrons. The van der Waals surface area contributed by atoms with Crippen molar-refractivity contribution in [2.75, 3.05) is 6.61 Å². The van der Waals surface area contributed by atoms with Gasteiger partial charge in [0.25, 0.3) is 0 Å². The standard InChI is InChI=1S/C44H44O5/c1-2-3-4-5-6-7-30-47-39-24-18-35(19-25-39)36-20-26-40(27-21-36)48-43(45)38-22-28-41(29-23-38)49-44(46)42-31-34-13-12-32-8-10-33(11-9-32)14-16-37(42)17-15-34/h8-11,15,17-29,31H,2-7,12-14,16,30H2,1H3. The first kappa shape index (κ1) is 33.7. The number of hydrogen-bond donors (Lipinski definition) is 0.